The summed E-state index contributed by atoms with van der Waals surface area (Å²) < 4.78 is 11.0. The first-order valence-electron chi connectivity index (χ1n) is 9.15. The molecule has 0 spiro atoms. The number of rotatable bonds is 5. The lowest BCUT2D eigenvalue weighted by molar-refractivity contribution is -0.126. The highest BCUT2D eigenvalue weighted by Gasteiger charge is 2.26. The van der Waals surface area contributed by atoms with Crippen LogP contribution in [0.3, 0.4) is 0 Å². The van der Waals surface area contributed by atoms with E-state index in [9.17, 15) is 4.79 Å². The van der Waals surface area contributed by atoms with Crippen LogP contribution in [0.5, 0.6) is 11.5 Å². The zero-order valence-corrected chi connectivity index (χ0v) is 15.0. The van der Waals surface area contributed by atoms with E-state index in [1.807, 2.05) is 18.2 Å². The van der Waals surface area contributed by atoms with Crippen molar-refractivity contribution in [3.63, 3.8) is 0 Å². The van der Waals surface area contributed by atoms with Crippen LogP contribution >= 0.6 is 0 Å². The Labute approximate surface area is 153 Å². The molecule has 0 saturated heterocycles. The molecule has 0 fully saturated rings. The van der Waals surface area contributed by atoms with Gasteiger partial charge in [0.25, 0.3) is 0 Å². The fraction of sp³-hybridized carbons (Fsp3) is 0.381. The molecule has 0 aliphatic carbocycles. The van der Waals surface area contributed by atoms with Crippen molar-refractivity contribution in [1.29, 1.82) is 0 Å². The number of hydrogen-bond donors (Lipinski definition) is 1. The summed E-state index contributed by atoms with van der Waals surface area (Å²) in [6, 6.07) is 14.3. The van der Waals surface area contributed by atoms with E-state index >= 15 is 0 Å². The molecule has 26 heavy (non-hydrogen) atoms. The first-order chi connectivity index (χ1) is 12.7. The van der Waals surface area contributed by atoms with Crippen molar-refractivity contribution in [3.8, 4) is 11.5 Å². The van der Waals surface area contributed by atoms with E-state index in [0.717, 1.165) is 36.6 Å². The van der Waals surface area contributed by atoms with E-state index in [1.54, 1.807) is 7.11 Å². The number of ether oxygens (including phenoxy) is 2. The third kappa shape index (κ3) is 3.34. The Morgan fingerprint density at radius 3 is 3.04 bits per heavy atom. The van der Waals surface area contributed by atoms with Crippen molar-refractivity contribution in [1.82, 2.24) is 5.32 Å². The molecule has 0 aromatic heterocycles. The summed E-state index contributed by atoms with van der Waals surface area (Å²) in [5.74, 6) is 1.53. The number of carbonyl (C=O) groups excluding carboxylic acids is 1. The van der Waals surface area contributed by atoms with Crippen LogP contribution in [0.15, 0.2) is 42.5 Å². The zero-order valence-electron chi connectivity index (χ0n) is 15.0. The van der Waals surface area contributed by atoms with Crippen LogP contribution in [0, 0.1) is 5.92 Å². The smallest absolute Gasteiger partial charge is 0.226 e. The summed E-state index contributed by atoms with van der Waals surface area (Å²) in [7, 11) is 1.64. The Balaban J connectivity index is 1.29. The quantitative estimate of drug-likeness (QED) is 0.898. The first-order valence-corrected chi connectivity index (χ1v) is 9.15. The van der Waals surface area contributed by atoms with Gasteiger partial charge in [-0.05, 0) is 36.1 Å². The summed E-state index contributed by atoms with van der Waals surface area (Å²) >= 11 is 0. The number of hydrogen-bond acceptors (Lipinski definition) is 4. The molecule has 1 N–H and O–H groups in total. The molecule has 5 nitrogen and oxygen atoms in total. The second kappa shape index (κ2) is 7.28. The van der Waals surface area contributed by atoms with Crippen molar-refractivity contribution in [3.05, 3.63) is 53.6 Å². The highest BCUT2D eigenvalue weighted by atomic mass is 16.5. The largest absolute Gasteiger partial charge is 0.497 e. The molecule has 2 aromatic rings. The van der Waals surface area contributed by atoms with Gasteiger partial charge < -0.3 is 19.7 Å². The van der Waals surface area contributed by atoms with Crippen LogP contribution in [0.25, 0.3) is 0 Å². The molecular weight excluding hydrogens is 328 g/mol. The average molecular weight is 352 g/mol. The van der Waals surface area contributed by atoms with Crippen molar-refractivity contribution in [2.75, 3.05) is 38.3 Å². The first kappa shape index (κ1) is 16.8. The third-order valence-electron chi connectivity index (χ3n) is 5.22. The van der Waals surface area contributed by atoms with Gasteiger partial charge in [0.1, 0.15) is 18.1 Å². The van der Waals surface area contributed by atoms with Crippen LogP contribution in [0.1, 0.15) is 11.1 Å². The normalized spacial score (nSPS) is 17.9. The standard InChI is InChI=1S/C21H24N2O3/c1-25-18-7-6-16-12-17(14-26-20(16)13-18)21(24)22-9-11-23-10-8-15-4-2-3-5-19(15)23/h2-7,13,17H,8-12,14H2,1H3,(H,22,24)/t17-/m0/s1. The van der Waals surface area contributed by atoms with E-state index in [-0.39, 0.29) is 11.8 Å². The molecule has 1 atom stereocenters. The topological polar surface area (TPSA) is 50.8 Å². The van der Waals surface area contributed by atoms with Gasteiger partial charge in [0, 0.05) is 31.4 Å². The Hall–Kier alpha value is -2.69. The van der Waals surface area contributed by atoms with Crippen molar-refractivity contribution in [2.45, 2.75) is 12.8 Å². The summed E-state index contributed by atoms with van der Waals surface area (Å²) in [4.78, 5) is 14.9. The summed E-state index contributed by atoms with van der Waals surface area (Å²) in [6.07, 6.45) is 1.79. The van der Waals surface area contributed by atoms with E-state index in [2.05, 4.69) is 34.5 Å². The predicted molar refractivity (Wildman–Crippen MR) is 101 cm³/mol. The van der Waals surface area contributed by atoms with Gasteiger partial charge in [-0.1, -0.05) is 24.3 Å². The minimum atomic E-state index is -0.137. The highest BCUT2D eigenvalue weighted by Crippen LogP contribution is 2.31. The van der Waals surface area contributed by atoms with Crippen molar-refractivity contribution in [2.24, 2.45) is 5.92 Å². The summed E-state index contributed by atoms with van der Waals surface area (Å²) in [5, 5.41) is 3.08. The molecule has 136 valence electrons. The Morgan fingerprint density at radius 2 is 2.15 bits per heavy atom. The second-order valence-electron chi connectivity index (χ2n) is 6.84. The van der Waals surface area contributed by atoms with Crippen LogP contribution < -0.4 is 19.7 Å². The van der Waals surface area contributed by atoms with E-state index in [4.69, 9.17) is 9.47 Å². The maximum atomic E-state index is 12.5. The maximum absolute atomic E-state index is 12.5. The highest BCUT2D eigenvalue weighted by molar-refractivity contribution is 5.79. The number of nitrogens with zero attached hydrogens (tertiary/aromatic N) is 1. The maximum Gasteiger partial charge on any atom is 0.226 e. The van der Waals surface area contributed by atoms with Gasteiger partial charge in [-0.2, -0.15) is 0 Å². The number of benzene rings is 2. The van der Waals surface area contributed by atoms with Crippen LogP contribution in [-0.4, -0.2) is 39.3 Å². The number of anilines is 1. The van der Waals surface area contributed by atoms with Gasteiger partial charge in [0.2, 0.25) is 5.91 Å². The second-order valence-corrected chi connectivity index (χ2v) is 6.84. The molecule has 0 unspecified atom stereocenters. The molecule has 4 rings (SSSR count). The van der Waals surface area contributed by atoms with Crippen LogP contribution in [-0.2, 0) is 17.6 Å². The Bertz CT molecular complexity index is 806. The fourth-order valence-corrected chi connectivity index (χ4v) is 3.75. The molecule has 5 heteroatoms. The van der Waals surface area contributed by atoms with Gasteiger partial charge in [-0.25, -0.2) is 0 Å². The van der Waals surface area contributed by atoms with Gasteiger partial charge in [-0.3, -0.25) is 4.79 Å². The SMILES string of the molecule is COc1ccc2c(c1)OC[C@@H](C(=O)NCCN1CCc3ccccc31)C2. The van der Waals surface area contributed by atoms with E-state index in [1.165, 1.54) is 11.3 Å². The van der Waals surface area contributed by atoms with Crippen molar-refractivity contribution >= 4 is 11.6 Å². The molecule has 2 aliphatic rings. The monoisotopic (exact) mass is 352 g/mol. The van der Waals surface area contributed by atoms with Gasteiger partial charge >= 0.3 is 0 Å². The van der Waals surface area contributed by atoms with Gasteiger partial charge in [-0.15, -0.1) is 0 Å². The minimum Gasteiger partial charge on any atom is -0.497 e. The summed E-state index contributed by atoms with van der Waals surface area (Å²) in [5.41, 5.74) is 3.75. The average Bonchev–Trinajstić information content (AvgIpc) is 3.10. The Morgan fingerprint density at radius 1 is 1.27 bits per heavy atom. The fourth-order valence-electron chi connectivity index (χ4n) is 3.75. The summed E-state index contributed by atoms with van der Waals surface area (Å²) in [6.45, 7) is 2.93. The molecule has 2 heterocycles. The number of fused-ring (bicyclic) bond motifs is 2. The molecule has 1 amide bonds. The number of methoxy groups -OCH3 is 1. The third-order valence-corrected chi connectivity index (χ3v) is 5.22. The molecule has 2 aromatic carbocycles. The number of amides is 1. The lowest BCUT2D eigenvalue weighted by Gasteiger charge is -2.25. The Kier molecular flexibility index (Phi) is 4.69. The molecule has 0 saturated carbocycles. The molecule has 2 aliphatic heterocycles. The number of nitrogens with one attached hydrogen (secondary N) is 1. The van der Waals surface area contributed by atoms with Crippen LogP contribution in [0.4, 0.5) is 5.69 Å². The zero-order chi connectivity index (χ0) is 17.9. The van der Waals surface area contributed by atoms with Crippen LogP contribution in [0.2, 0.25) is 0 Å². The van der Waals surface area contributed by atoms with Gasteiger partial charge in [0.15, 0.2) is 0 Å². The molecular formula is C21H24N2O3. The van der Waals surface area contributed by atoms with E-state index < -0.39 is 0 Å². The molecule has 0 bridgehead atoms. The predicted octanol–water partition coefficient (Wildman–Crippen LogP) is 2.43. The number of carbonyl (C=O) groups is 1. The lowest BCUT2D eigenvalue weighted by atomic mass is 9.96. The van der Waals surface area contributed by atoms with Crippen molar-refractivity contribution < 1.29 is 14.3 Å². The minimum absolute atomic E-state index is 0.0685. The molecule has 0 radical (unpaired) electrons. The van der Waals surface area contributed by atoms with E-state index in [0.29, 0.717) is 19.6 Å². The lowest BCUT2D eigenvalue weighted by Crippen LogP contribution is -2.40. The number of para-hydroxylation sites is 1. The van der Waals surface area contributed by atoms with Gasteiger partial charge in [0.05, 0.1) is 13.0 Å².